The molecule has 1 aliphatic carbocycles. The highest BCUT2D eigenvalue weighted by Crippen LogP contribution is 2.27. The van der Waals surface area contributed by atoms with Crippen LogP contribution < -0.4 is 5.73 Å². The summed E-state index contributed by atoms with van der Waals surface area (Å²) in [7, 11) is 1.83. The van der Waals surface area contributed by atoms with Gasteiger partial charge in [0, 0.05) is 26.1 Å². The molecule has 1 aromatic rings. The number of rotatable bonds is 6. The predicted octanol–water partition coefficient (Wildman–Crippen LogP) is 1.70. The summed E-state index contributed by atoms with van der Waals surface area (Å²) in [6.07, 6.45) is 2.62. The Labute approximate surface area is 120 Å². The molecule has 1 saturated carbocycles. The van der Waals surface area contributed by atoms with E-state index in [9.17, 15) is 9.90 Å². The number of amides is 1. The van der Waals surface area contributed by atoms with E-state index in [-0.39, 0.29) is 18.1 Å². The van der Waals surface area contributed by atoms with Gasteiger partial charge in [0.15, 0.2) is 0 Å². The van der Waals surface area contributed by atoms with Crippen LogP contribution in [0.5, 0.6) is 0 Å². The van der Waals surface area contributed by atoms with Crippen molar-refractivity contribution in [1.29, 1.82) is 0 Å². The summed E-state index contributed by atoms with van der Waals surface area (Å²) in [6, 6.07) is 9.79. The quantitative estimate of drug-likeness (QED) is 0.831. The maximum atomic E-state index is 12.0. The molecule has 4 nitrogen and oxygen atoms in total. The number of carbonyl (C=O) groups is 1. The molecule has 0 heterocycles. The van der Waals surface area contributed by atoms with Crippen molar-refractivity contribution < 1.29 is 9.90 Å². The SMILES string of the molecule is CN(CC1CC(O)C1)C(=O)CCC(N)c1ccccc1. The minimum Gasteiger partial charge on any atom is -0.393 e. The highest BCUT2D eigenvalue weighted by molar-refractivity contribution is 5.75. The minimum atomic E-state index is -0.157. The molecule has 3 N–H and O–H groups in total. The lowest BCUT2D eigenvalue weighted by Crippen LogP contribution is -2.39. The number of nitrogens with two attached hydrogens (primary N) is 1. The fourth-order valence-electron chi connectivity index (χ4n) is 2.68. The average molecular weight is 276 g/mol. The van der Waals surface area contributed by atoms with E-state index in [0.29, 0.717) is 18.8 Å². The molecule has 20 heavy (non-hydrogen) atoms. The zero-order valence-corrected chi connectivity index (χ0v) is 12.0. The van der Waals surface area contributed by atoms with E-state index in [1.54, 1.807) is 4.90 Å². The van der Waals surface area contributed by atoms with Gasteiger partial charge in [-0.05, 0) is 30.7 Å². The molecule has 0 aliphatic heterocycles. The van der Waals surface area contributed by atoms with Gasteiger partial charge in [0.25, 0.3) is 0 Å². The monoisotopic (exact) mass is 276 g/mol. The molecule has 1 unspecified atom stereocenters. The van der Waals surface area contributed by atoms with Gasteiger partial charge in [0.1, 0.15) is 0 Å². The molecule has 0 bridgehead atoms. The van der Waals surface area contributed by atoms with Gasteiger partial charge < -0.3 is 15.7 Å². The lowest BCUT2D eigenvalue weighted by atomic mass is 9.82. The van der Waals surface area contributed by atoms with Gasteiger partial charge in [0.2, 0.25) is 5.91 Å². The summed E-state index contributed by atoms with van der Waals surface area (Å²) >= 11 is 0. The van der Waals surface area contributed by atoms with Crippen molar-refractivity contribution in [2.45, 2.75) is 37.8 Å². The summed E-state index contributed by atoms with van der Waals surface area (Å²) in [6.45, 7) is 0.746. The third-order valence-electron chi connectivity index (χ3n) is 4.07. The molecule has 1 fully saturated rings. The van der Waals surface area contributed by atoms with Crippen molar-refractivity contribution in [3.63, 3.8) is 0 Å². The van der Waals surface area contributed by atoms with Crippen molar-refractivity contribution in [1.82, 2.24) is 4.90 Å². The van der Waals surface area contributed by atoms with Gasteiger partial charge in [-0.15, -0.1) is 0 Å². The normalized spacial score (nSPS) is 22.9. The van der Waals surface area contributed by atoms with Crippen molar-refractivity contribution in [2.75, 3.05) is 13.6 Å². The van der Waals surface area contributed by atoms with Crippen LogP contribution in [0.2, 0.25) is 0 Å². The van der Waals surface area contributed by atoms with Crippen LogP contribution in [0.25, 0.3) is 0 Å². The molecule has 1 atom stereocenters. The molecule has 0 aromatic heterocycles. The summed E-state index contributed by atoms with van der Waals surface area (Å²) in [5.41, 5.74) is 7.17. The lowest BCUT2D eigenvalue weighted by molar-refractivity contribution is -0.131. The van der Waals surface area contributed by atoms with E-state index in [0.717, 1.165) is 24.9 Å². The van der Waals surface area contributed by atoms with Gasteiger partial charge in [-0.2, -0.15) is 0 Å². The summed E-state index contributed by atoms with van der Waals surface area (Å²) < 4.78 is 0. The summed E-state index contributed by atoms with van der Waals surface area (Å²) in [5.74, 6) is 0.597. The number of aliphatic hydroxyl groups excluding tert-OH is 1. The first-order valence-electron chi connectivity index (χ1n) is 7.29. The number of hydrogen-bond donors (Lipinski definition) is 2. The summed E-state index contributed by atoms with van der Waals surface area (Å²) in [5, 5.41) is 9.25. The van der Waals surface area contributed by atoms with E-state index in [1.165, 1.54) is 0 Å². The Hall–Kier alpha value is -1.39. The Bertz CT molecular complexity index is 429. The average Bonchev–Trinajstić information content (AvgIpc) is 2.43. The molecular weight excluding hydrogens is 252 g/mol. The Balaban J connectivity index is 1.71. The van der Waals surface area contributed by atoms with Crippen LogP contribution in [0, 0.1) is 5.92 Å². The van der Waals surface area contributed by atoms with Crippen LogP contribution in [0.4, 0.5) is 0 Å². The van der Waals surface area contributed by atoms with Crippen molar-refractivity contribution in [3.8, 4) is 0 Å². The highest BCUT2D eigenvalue weighted by atomic mass is 16.3. The van der Waals surface area contributed by atoms with E-state index in [4.69, 9.17) is 5.73 Å². The molecule has 1 amide bonds. The summed E-state index contributed by atoms with van der Waals surface area (Å²) in [4.78, 5) is 13.8. The lowest BCUT2D eigenvalue weighted by Gasteiger charge is -2.34. The first-order chi connectivity index (χ1) is 9.56. The molecule has 110 valence electrons. The standard InChI is InChI=1S/C16H24N2O2/c1-18(11-12-9-14(19)10-12)16(20)8-7-15(17)13-5-3-2-4-6-13/h2-6,12,14-15,19H,7-11,17H2,1H3. The number of aliphatic hydroxyl groups is 1. The van der Waals surface area contributed by atoms with Crippen LogP contribution in [0.3, 0.4) is 0 Å². The third kappa shape index (κ3) is 4.05. The zero-order valence-electron chi connectivity index (χ0n) is 12.0. The number of benzene rings is 1. The van der Waals surface area contributed by atoms with E-state index < -0.39 is 0 Å². The second-order valence-electron chi connectivity index (χ2n) is 5.82. The second kappa shape index (κ2) is 6.86. The Morgan fingerprint density at radius 2 is 2.05 bits per heavy atom. The maximum absolute atomic E-state index is 12.0. The topological polar surface area (TPSA) is 66.6 Å². The predicted molar refractivity (Wildman–Crippen MR) is 79.0 cm³/mol. The Morgan fingerprint density at radius 1 is 1.40 bits per heavy atom. The smallest absolute Gasteiger partial charge is 0.222 e. The fraction of sp³-hybridized carbons (Fsp3) is 0.562. The van der Waals surface area contributed by atoms with Crippen LogP contribution in [0.15, 0.2) is 30.3 Å². The molecule has 4 heteroatoms. The molecule has 2 rings (SSSR count). The third-order valence-corrected chi connectivity index (χ3v) is 4.07. The van der Waals surface area contributed by atoms with E-state index in [1.807, 2.05) is 37.4 Å². The van der Waals surface area contributed by atoms with Crippen molar-refractivity contribution >= 4 is 5.91 Å². The Kier molecular flexibility index (Phi) is 5.15. The van der Waals surface area contributed by atoms with Crippen LogP contribution in [-0.2, 0) is 4.79 Å². The van der Waals surface area contributed by atoms with Crippen molar-refractivity contribution in [2.24, 2.45) is 11.7 Å². The molecular formula is C16H24N2O2. The minimum absolute atomic E-state index is 0.0842. The largest absolute Gasteiger partial charge is 0.393 e. The zero-order chi connectivity index (χ0) is 14.5. The van der Waals surface area contributed by atoms with Gasteiger partial charge >= 0.3 is 0 Å². The van der Waals surface area contributed by atoms with Crippen LogP contribution in [0.1, 0.15) is 37.3 Å². The van der Waals surface area contributed by atoms with Gasteiger partial charge in [-0.25, -0.2) is 0 Å². The Morgan fingerprint density at radius 3 is 2.65 bits per heavy atom. The molecule has 0 radical (unpaired) electrons. The number of carbonyl (C=O) groups excluding carboxylic acids is 1. The van der Waals surface area contributed by atoms with Gasteiger partial charge in [-0.3, -0.25) is 4.79 Å². The highest BCUT2D eigenvalue weighted by Gasteiger charge is 2.29. The maximum Gasteiger partial charge on any atom is 0.222 e. The second-order valence-corrected chi connectivity index (χ2v) is 5.82. The fourth-order valence-corrected chi connectivity index (χ4v) is 2.68. The van der Waals surface area contributed by atoms with E-state index >= 15 is 0 Å². The van der Waals surface area contributed by atoms with Gasteiger partial charge in [0.05, 0.1) is 6.10 Å². The first kappa shape index (κ1) is 15.0. The number of hydrogen-bond acceptors (Lipinski definition) is 3. The molecule has 1 aromatic carbocycles. The van der Waals surface area contributed by atoms with E-state index in [2.05, 4.69) is 0 Å². The molecule has 0 spiro atoms. The van der Waals surface area contributed by atoms with Crippen LogP contribution >= 0.6 is 0 Å². The molecule has 0 saturated heterocycles. The number of nitrogens with zero attached hydrogens (tertiary/aromatic N) is 1. The van der Waals surface area contributed by atoms with Crippen LogP contribution in [-0.4, -0.2) is 35.6 Å². The first-order valence-corrected chi connectivity index (χ1v) is 7.29. The van der Waals surface area contributed by atoms with Gasteiger partial charge in [-0.1, -0.05) is 30.3 Å². The van der Waals surface area contributed by atoms with Crippen molar-refractivity contribution in [3.05, 3.63) is 35.9 Å². The molecule has 1 aliphatic rings.